The quantitative estimate of drug-likeness (QED) is 0.799. The van der Waals surface area contributed by atoms with Crippen molar-refractivity contribution in [3.8, 4) is 0 Å². The standard InChI is InChI=1S/C15H14F2N2O3/c1-8-2-4-10(15(22)19-8)14(21)18-7-13(20)9-3-5-11(16)12(17)6-9/h2-6,13,20H,7H2,1H3,(H,18,21)(H,19,22)/t13-/m1/s1. The molecule has 1 aromatic carbocycles. The average Bonchev–Trinajstić information content (AvgIpc) is 2.47. The van der Waals surface area contributed by atoms with E-state index in [4.69, 9.17) is 0 Å². The Kier molecular flexibility index (Phi) is 4.67. The zero-order valence-electron chi connectivity index (χ0n) is 11.7. The van der Waals surface area contributed by atoms with E-state index in [1.54, 1.807) is 13.0 Å². The smallest absolute Gasteiger partial charge is 0.260 e. The second-order valence-electron chi connectivity index (χ2n) is 4.78. The minimum Gasteiger partial charge on any atom is -0.387 e. The van der Waals surface area contributed by atoms with Crippen molar-refractivity contribution in [1.82, 2.24) is 10.3 Å². The molecular formula is C15H14F2N2O3. The molecule has 0 radical (unpaired) electrons. The van der Waals surface area contributed by atoms with Gasteiger partial charge in [0.25, 0.3) is 11.5 Å². The molecule has 1 atom stereocenters. The summed E-state index contributed by atoms with van der Waals surface area (Å²) in [6.45, 7) is 1.44. The van der Waals surface area contributed by atoms with Gasteiger partial charge in [-0.15, -0.1) is 0 Å². The lowest BCUT2D eigenvalue weighted by atomic mass is 10.1. The van der Waals surface area contributed by atoms with Crippen molar-refractivity contribution in [1.29, 1.82) is 0 Å². The van der Waals surface area contributed by atoms with Crippen molar-refractivity contribution in [2.45, 2.75) is 13.0 Å². The highest BCUT2D eigenvalue weighted by atomic mass is 19.2. The van der Waals surface area contributed by atoms with E-state index in [0.29, 0.717) is 5.69 Å². The van der Waals surface area contributed by atoms with Gasteiger partial charge >= 0.3 is 0 Å². The lowest BCUT2D eigenvalue weighted by Crippen LogP contribution is -2.32. The third-order valence-electron chi connectivity index (χ3n) is 3.08. The van der Waals surface area contributed by atoms with Crippen LogP contribution in [0, 0.1) is 18.6 Å². The first-order valence-electron chi connectivity index (χ1n) is 6.49. The van der Waals surface area contributed by atoms with Crippen LogP contribution in [0.1, 0.15) is 27.7 Å². The first kappa shape index (κ1) is 15.8. The van der Waals surface area contributed by atoms with Crippen LogP contribution in [0.2, 0.25) is 0 Å². The number of pyridine rings is 1. The van der Waals surface area contributed by atoms with E-state index in [1.165, 1.54) is 12.1 Å². The summed E-state index contributed by atoms with van der Waals surface area (Å²) in [6, 6.07) is 5.90. The summed E-state index contributed by atoms with van der Waals surface area (Å²) in [5, 5.41) is 12.2. The maximum absolute atomic E-state index is 13.1. The Morgan fingerprint density at radius 1 is 1.27 bits per heavy atom. The maximum atomic E-state index is 13.1. The van der Waals surface area contributed by atoms with E-state index < -0.39 is 29.2 Å². The summed E-state index contributed by atoms with van der Waals surface area (Å²) >= 11 is 0. The molecule has 0 unspecified atom stereocenters. The van der Waals surface area contributed by atoms with Gasteiger partial charge in [0.2, 0.25) is 0 Å². The van der Waals surface area contributed by atoms with Crippen LogP contribution in [0.4, 0.5) is 8.78 Å². The Labute approximate surface area is 124 Å². The fraction of sp³-hybridized carbons (Fsp3) is 0.200. The van der Waals surface area contributed by atoms with E-state index in [0.717, 1.165) is 12.1 Å². The minimum absolute atomic E-state index is 0.0944. The van der Waals surface area contributed by atoms with E-state index in [2.05, 4.69) is 10.3 Å². The highest BCUT2D eigenvalue weighted by molar-refractivity contribution is 5.93. The fourth-order valence-electron chi connectivity index (χ4n) is 1.87. The third kappa shape index (κ3) is 3.56. The van der Waals surface area contributed by atoms with Gasteiger partial charge in [-0.3, -0.25) is 9.59 Å². The van der Waals surface area contributed by atoms with Gasteiger partial charge in [-0.25, -0.2) is 8.78 Å². The van der Waals surface area contributed by atoms with Crippen LogP contribution in [0.3, 0.4) is 0 Å². The third-order valence-corrected chi connectivity index (χ3v) is 3.08. The van der Waals surface area contributed by atoms with Crippen LogP contribution in [0.15, 0.2) is 35.1 Å². The molecule has 2 aromatic rings. The Bertz CT molecular complexity index is 759. The number of carbonyl (C=O) groups excluding carboxylic acids is 1. The molecule has 3 N–H and O–H groups in total. The van der Waals surface area contributed by atoms with Crippen molar-refractivity contribution in [2.75, 3.05) is 6.54 Å². The van der Waals surface area contributed by atoms with E-state index in [-0.39, 0.29) is 17.7 Å². The summed E-state index contributed by atoms with van der Waals surface area (Å²) < 4.78 is 25.9. The number of aryl methyl sites for hydroxylation is 1. The second kappa shape index (κ2) is 6.48. The Hall–Kier alpha value is -2.54. The number of nitrogens with one attached hydrogen (secondary N) is 2. The van der Waals surface area contributed by atoms with E-state index in [1.807, 2.05) is 0 Å². The summed E-state index contributed by atoms with van der Waals surface area (Å²) in [4.78, 5) is 25.9. The Balaban J connectivity index is 2.04. The molecule has 5 nitrogen and oxygen atoms in total. The van der Waals surface area contributed by atoms with E-state index >= 15 is 0 Å². The highest BCUT2D eigenvalue weighted by Crippen LogP contribution is 2.15. The van der Waals surface area contributed by atoms with Gasteiger partial charge in [-0.1, -0.05) is 6.07 Å². The van der Waals surface area contributed by atoms with Crippen LogP contribution < -0.4 is 10.9 Å². The van der Waals surface area contributed by atoms with Crippen LogP contribution in [0.25, 0.3) is 0 Å². The number of benzene rings is 1. The molecule has 0 aliphatic heterocycles. The lowest BCUT2D eigenvalue weighted by molar-refractivity contribution is 0.0914. The van der Waals surface area contributed by atoms with Gasteiger partial charge in [0.05, 0.1) is 6.10 Å². The number of amides is 1. The number of hydrogen-bond acceptors (Lipinski definition) is 3. The summed E-state index contributed by atoms with van der Waals surface area (Å²) in [6.07, 6.45) is -1.22. The zero-order valence-corrected chi connectivity index (χ0v) is 11.7. The molecule has 0 aliphatic carbocycles. The van der Waals surface area contributed by atoms with Crippen LogP contribution in [0.5, 0.6) is 0 Å². The lowest BCUT2D eigenvalue weighted by Gasteiger charge is -2.12. The molecule has 0 fully saturated rings. The molecule has 1 amide bonds. The summed E-state index contributed by atoms with van der Waals surface area (Å²) in [5.41, 5.74) is 0.100. The van der Waals surface area contributed by atoms with Crippen LogP contribution >= 0.6 is 0 Å². The normalized spacial score (nSPS) is 12.0. The first-order valence-corrected chi connectivity index (χ1v) is 6.49. The number of aliphatic hydroxyl groups is 1. The first-order chi connectivity index (χ1) is 10.4. The highest BCUT2D eigenvalue weighted by Gasteiger charge is 2.14. The molecule has 0 bridgehead atoms. The molecule has 0 saturated carbocycles. The molecule has 116 valence electrons. The number of rotatable bonds is 4. The fourth-order valence-corrected chi connectivity index (χ4v) is 1.87. The molecule has 0 saturated heterocycles. The zero-order chi connectivity index (χ0) is 16.3. The van der Waals surface area contributed by atoms with Crippen LogP contribution in [-0.2, 0) is 0 Å². The second-order valence-corrected chi connectivity index (χ2v) is 4.78. The van der Waals surface area contributed by atoms with Crippen molar-refractivity contribution in [3.05, 3.63) is 69.1 Å². The van der Waals surface area contributed by atoms with Gasteiger partial charge in [-0.05, 0) is 36.8 Å². The Morgan fingerprint density at radius 3 is 2.64 bits per heavy atom. The van der Waals surface area contributed by atoms with Gasteiger partial charge < -0.3 is 15.4 Å². The van der Waals surface area contributed by atoms with E-state index in [9.17, 15) is 23.5 Å². The molecular weight excluding hydrogens is 294 g/mol. The molecule has 22 heavy (non-hydrogen) atoms. The van der Waals surface area contributed by atoms with Crippen molar-refractivity contribution >= 4 is 5.91 Å². The number of hydrogen-bond donors (Lipinski definition) is 3. The largest absolute Gasteiger partial charge is 0.387 e. The predicted octanol–water partition coefficient (Wildman–Crippen LogP) is 1.42. The van der Waals surface area contributed by atoms with Gasteiger partial charge in [-0.2, -0.15) is 0 Å². The molecule has 2 rings (SSSR count). The monoisotopic (exact) mass is 308 g/mol. The summed E-state index contributed by atoms with van der Waals surface area (Å²) in [7, 11) is 0. The SMILES string of the molecule is Cc1ccc(C(=O)NC[C@@H](O)c2ccc(F)c(F)c2)c(=O)[nH]1. The number of aromatic amines is 1. The number of aliphatic hydroxyl groups excluding tert-OH is 1. The van der Waals surface area contributed by atoms with Gasteiger partial charge in [0, 0.05) is 12.2 Å². The van der Waals surface area contributed by atoms with Gasteiger partial charge in [0.15, 0.2) is 11.6 Å². The number of carbonyl (C=O) groups is 1. The number of aromatic nitrogens is 1. The topological polar surface area (TPSA) is 82.2 Å². The summed E-state index contributed by atoms with van der Waals surface area (Å²) in [5.74, 6) is -2.77. The number of halogens is 2. The van der Waals surface area contributed by atoms with Crippen molar-refractivity contribution < 1.29 is 18.7 Å². The molecule has 1 heterocycles. The predicted molar refractivity (Wildman–Crippen MR) is 75.5 cm³/mol. The minimum atomic E-state index is -1.22. The van der Waals surface area contributed by atoms with Crippen molar-refractivity contribution in [2.24, 2.45) is 0 Å². The van der Waals surface area contributed by atoms with Gasteiger partial charge in [0.1, 0.15) is 5.56 Å². The average molecular weight is 308 g/mol. The number of H-pyrrole nitrogens is 1. The van der Waals surface area contributed by atoms with Crippen molar-refractivity contribution in [3.63, 3.8) is 0 Å². The molecule has 0 aliphatic rings. The molecule has 1 aromatic heterocycles. The Morgan fingerprint density at radius 2 is 2.00 bits per heavy atom. The van der Waals surface area contributed by atoms with Crippen LogP contribution in [-0.4, -0.2) is 22.5 Å². The molecule has 0 spiro atoms. The molecule has 7 heteroatoms. The maximum Gasteiger partial charge on any atom is 0.260 e.